The molecule has 1 amide bonds. The third-order valence-electron chi connectivity index (χ3n) is 3.61. The van der Waals surface area contributed by atoms with E-state index in [9.17, 15) is 14.7 Å². The summed E-state index contributed by atoms with van der Waals surface area (Å²) in [6.45, 7) is 0.409. The van der Waals surface area contributed by atoms with Gasteiger partial charge in [0.25, 0.3) is 0 Å². The van der Waals surface area contributed by atoms with Crippen LogP contribution >= 0.6 is 0 Å². The average molecular weight is 327 g/mol. The Labute approximate surface area is 141 Å². The highest BCUT2D eigenvalue weighted by molar-refractivity contribution is 5.80. The van der Waals surface area contributed by atoms with Crippen LogP contribution in [0.5, 0.6) is 0 Å². The minimum Gasteiger partial charge on any atom is -0.481 e. The first-order chi connectivity index (χ1) is 11.7. The van der Waals surface area contributed by atoms with Gasteiger partial charge in [-0.2, -0.15) is 0 Å². The van der Waals surface area contributed by atoms with E-state index in [1.165, 1.54) is 0 Å². The molecule has 1 unspecified atom stereocenters. The molecule has 0 aliphatic carbocycles. The molecule has 2 N–H and O–H groups in total. The zero-order chi connectivity index (χ0) is 17.2. The summed E-state index contributed by atoms with van der Waals surface area (Å²) in [5.74, 6) is -2.05. The maximum Gasteiger partial charge on any atom is 0.312 e. The van der Waals surface area contributed by atoms with Crippen LogP contribution in [0, 0.1) is 0 Å². The molecular formula is C19H21NO4. The lowest BCUT2D eigenvalue weighted by Crippen LogP contribution is -2.34. The van der Waals surface area contributed by atoms with E-state index >= 15 is 0 Å². The van der Waals surface area contributed by atoms with Crippen molar-refractivity contribution in [2.45, 2.75) is 12.3 Å². The molecule has 0 bridgehead atoms. The van der Waals surface area contributed by atoms with E-state index in [0.717, 1.165) is 12.0 Å². The summed E-state index contributed by atoms with van der Waals surface area (Å²) in [4.78, 5) is 23.1. The molecule has 24 heavy (non-hydrogen) atoms. The predicted octanol–water partition coefficient (Wildman–Crippen LogP) is 2.23. The molecule has 0 aliphatic rings. The van der Waals surface area contributed by atoms with E-state index in [2.05, 4.69) is 5.32 Å². The van der Waals surface area contributed by atoms with Crippen molar-refractivity contribution < 1.29 is 19.4 Å². The van der Waals surface area contributed by atoms with E-state index in [4.69, 9.17) is 4.74 Å². The van der Waals surface area contributed by atoms with E-state index in [1.54, 1.807) is 24.3 Å². The van der Waals surface area contributed by atoms with Crippen LogP contribution in [0.25, 0.3) is 0 Å². The Hall–Kier alpha value is -2.66. The van der Waals surface area contributed by atoms with Gasteiger partial charge in [-0.3, -0.25) is 9.59 Å². The topological polar surface area (TPSA) is 75.6 Å². The summed E-state index contributed by atoms with van der Waals surface area (Å²) < 4.78 is 5.34. The summed E-state index contributed by atoms with van der Waals surface area (Å²) in [6.07, 6.45) is 0.732. The van der Waals surface area contributed by atoms with Gasteiger partial charge in [0.05, 0.1) is 12.5 Å². The SMILES string of the molecule is O=C(COCCc1ccccc1)NCC(C(=O)O)c1ccccc1. The molecule has 1 atom stereocenters. The highest BCUT2D eigenvalue weighted by atomic mass is 16.5. The summed E-state index contributed by atoms with van der Waals surface area (Å²) in [7, 11) is 0. The van der Waals surface area contributed by atoms with Gasteiger partial charge in [0, 0.05) is 6.54 Å². The Kier molecular flexibility index (Phi) is 6.98. The summed E-state index contributed by atoms with van der Waals surface area (Å²) >= 11 is 0. The zero-order valence-corrected chi connectivity index (χ0v) is 13.4. The van der Waals surface area contributed by atoms with E-state index in [1.807, 2.05) is 36.4 Å². The average Bonchev–Trinajstić information content (AvgIpc) is 2.60. The van der Waals surface area contributed by atoms with Crippen molar-refractivity contribution in [2.75, 3.05) is 19.8 Å². The molecule has 2 aromatic carbocycles. The molecule has 0 heterocycles. The van der Waals surface area contributed by atoms with Crippen LogP contribution in [-0.4, -0.2) is 36.7 Å². The molecule has 5 nitrogen and oxygen atoms in total. The molecule has 0 fully saturated rings. The van der Waals surface area contributed by atoms with Gasteiger partial charge < -0.3 is 15.2 Å². The number of hydrogen-bond acceptors (Lipinski definition) is 3. The Morgan fingerprint density at radius 2 is 1.62 bits per heavy atom. The minimum absolute atomic E-state index is 0.0419. The number of benzene rings is 2. The van der Waals surface area contributed by atoms with Gasteiger partial charge in [-0.15, -0.1) is 0 Å². The van der Waals surface area contributed by atoms with Gasteiger partial charge in [0.15, 0.2) is 0 Å². The summed E-state index contributed by atoms with van der Waals surface area (Å²) in [6, 6.07) is 18.7. The number of nitrogens with one attached hydrogen (secondary N) is 1. The Balaban J connectivity index is 1.70. The highest BCUT2D eigenvalue weighted by Crippen LogP contribution is 2.14. The van der Waals surface area contributed by atoms with E-state index in [-0.39, 0.29) is 19.1 Å². The normalized spacial score (nSPS) is 11.7. The summed E-state index contributed by atoms with van der Waals surface area (Å²) in [5, 5.41) is 11.9. The molecule has 0 aromatic heterocycles. The van der Waals surface area contributed by atoms with Crippen LogP contribution in [0.2, 0.25) is 0 Å². The number of ether oxygens (including phenoxy) is 1. The van der Waals surface area contributed by atoms with E-state index < -0.39 is 11.9 Å². The number of carboxylic acid groups (broad SMARTS) is 1. The number of carbonyl (C=O) groups is 2. The molecule has 0 aliphatic heterocycles. The van der Waals surface area contributed by atoms with Crippen molar-refractivity contribution in [1.29, 1.82) is 0 Å². The largest absolute Gasteiger partial charge is 0.481 e. The van der Waals surface area contributed by atoms with Gasteiger partial charge in [0.2, 0.25) is 5.91 Å². The van der Waals surface area contributed by atoms with Crippen LogP contribution in [0.3, 0.4) is 0 Å². The molecule has 2 rings (SSSR count). The third kappa shape index (κ3) is 5.85. The minimum atomic E-state index is -0.966. The third-order valence-corrected chi connectivity index (χ3v) is 3.61. The fourth-order valence-electron chi connectivity index (χ4n) is 2.30. The fourth-order valence-corrected chi connectivity index (χ4v) is 2.30. The quantitative estimate of drug-likeness (QED) is 0.693. The van der Waals surface area contributed by atoms with Gasteiger partial charge in [-0.25, -0.2) is 0 Å². The second-order valence-corrected chi connectivity index (χ2v) is 5.39. The lowest BCUT2D eigenvalue weighted by atomic mass is 9.99. The molecule has 126 valence electrons. The first kappa shape index (κ1) is 17.7. The molecule has 5 heteroatoms. The highest BCUT2D eigenvalue weighted by Gasteiger charge is 2.20. The fraction of sp³-hybridized carbons (Fsp3) is 0.263. The van der Waals surface area contributed by atoms with Gasteiger partial charge in [0.1, 0.15) is 6.61 Å². The van der Waals surface area contributed by atoms with Crippen molar-refractivity contribution in [1.82, 2.24) is 5.32 Å². The molecule has 0 saturated heterocycles. The van der Waals surface area contributed by atoms with Crippen molar-refractivity contribution in [3.05, 3.63) is 71.8 Å². The number of amides is 1. The van der Waals surface area contributed by atoms with Gasteiger partial charge in [-0.1, -0.05) is 60.7 Å². The molecule has 2 aromatic rings. The van der Waals surface area contributed by atoms with Crippen LogP contribution < -0.4 is 5.32 Å². The summed E-state index contributed by atoms with van der Waals surface area (Å²) in [5.41, 5.74) is 1.81. The monoisotopic (exact) mass is 327 g/mol. The molecule has 0 spiro atoms. The Bertz CT molecular complexity index is 643. The molecular weight excluding hydrogens is 306 g/mol. The maximum atomic E-state index is 11.8. The maximum absolute atomic E-state index is 11.8. The van der Waals surface area contributed by atoms with Crippen LogP contribution in [0.4, 0.5) is 0 Å². The second-order valence-electron chi connectivity index (χ2n) is 5.39. The lowest BCUT2D eigenvalue weighted by Gasteiger charge is -2.14. The molecule has 0 saturated carbocycles. The first-order valence-electron chi connectivity index (χ1n) is 7.83. The zero-order valence-electron chi connectivity index (χ0n) is 13.4. The number of hydrogen-bond donors (Lipinski definition) is 2. The first-order valence-corrected chi connectivity index (χ1v) is 7.83. The van der Waals surface area contributed by atoms with Crippen LogP contribution in [0.15, 0.2) is 60.7 Å². The number of rotatable bonds is 9. The number of carboxylic acids is 1. The van der Waals surface area contributed by atoms with Crippen LogP contribution in [-0.2, 0) is 20.7 Å². The van der Waals surface area contributed by atoms with Crippen molar-refractivity contribution in [3.8, 4) is 0 Å². The van der Waals surface area contributed by atoms with Crippen molar-refractivity contribution in [2.24, 2.45) is 0 Å². The smallest absolute Gasteiger partial charge is 0.312 e. The van der Waals surface area contributed by atoms with Crippen molar-refractivity contribution in [3.63, 3.8) is 0 Å². The Morgan fingerprint density at radius 1 is 1.00 bits per heavy atom. The van der Waals surface area contributed by atoms with Crippen LogP contribution in [0.1, 0.15) is 17.0 Å². The van der Waals surface area contributed by atoms with Gasteiger partial charge >= 0.3 is 5.97 Å². The lowest BCUT2D eigenvalue weighted by molar-refractivity contribution is -0.138. The predicted molar refractivity (Wildman–Crippen MR) is 90.8 cm³/mol. The number of carbonyl (C=O) groups excluding carboxylic acids is 1. The standard InChI is InChI=1S/C19H21NO4/c21-18(14-24-12-11-15-7-3-1-4-8-15)20-13-17(19(22)23)16-9-5-2-6-10-16/h1-10,17H,11-14H2,(H,20,21)(H,22,23). The second kappa shape index (κ2) is 9.47. The van der Waals surface area contributed by atoms with E-state index in [0.29, 0.717) is 12.2 Å². The Morgan fingerprint density at radius 3 is 2.25 bits per heavy atom. The van der Waals surface area contributed by atoms with Gasteiger partial charge in [-0.05, 0) is 17.5 Å². The van der Waals surface area contributed by atoms with Crippen molar-refractivity contribution >= 4 is 11.9 Å². The molecule has 0 radical (unpaired) electrons. The number of aliphatic carboxylic acids is 1.